The molecule has 1 unspecified atom stereocenters. The van der Waals surface area contributed by atoms with Crippen LogP contribution in [0.1, 0.15) is 46.0 Å². The molecular weight excluding hydrogens is 196 g/mol. The SMILES string of the molecule is CCCCCC(C)CCOc1ccccc1. The Kier molecular flexibility index (Phi) is 6.71. The maximum Gasteiger partial charge on any atom is 0.119 e. The van der Waals surface area contributed by atoms with Crippen molar-refractivity contribution in [2.45, 2.75) is 46.0 Å². The summed E-state index contributed by atoms with van der Waals surface area (Å²) >= 11 is 0. The second kappa shape index (κ2) is 8.20. The van der Waals surface area contributed by atoms with Crippen molar-refractivity contribution in [1.82, 2.24) is 0 Å². The molecule has 0 saturated carbocycles. The third kappa shape index (κ3) is 5.79. The van der Waals surface area contributed by atoms with Crippen LogP contribution < -0.4 is 4.74 Å². The van der Waals surface area contributed by atoms with E-state index >= 15 is 0 Å². The van der Waals surface area contributed by atoms with Crippen LogP contribution in [0.3, 0.4) is 0 Å². The standard InChI is InChI=1S/C15H24O/c1-3-4-6-9-14(2)12-13-16-15-10-7-5-8-11-15/h5,7-8,10-11,14H,3-4,6,9,12-13H2,1-2H3. The van der Waals surface area contributed by atoms with Crippen LogP contribution in [0.25, 0.3) is 0 Å². The van der Waals surface area contributed by atoms with E-state index in [0.717, 1.165) is 18.3 Å². The lowest BCUT2D eigenvalue weighted by Gasteiger charge is -2.11. The van der Waals surface area contributed by atoms with Crippen LogP contribution in [0.2, 0.25) is 0 Å². The summed E-state index contributed by atoms with van der Waals surface area (Å²) in [6.45, 7) is 5.42. The summed E-state index contributed by atoms with van der Waals surface area (Å²) < 4.78 is 5.68. The Bertz CT molecular complexity index is 255. The van der Waals surface area contributed by atoms with Gasteiger partial charge in [-0.2, -0.15) is 0 Å². The smallest absolute Gasteiger partial charge is 0.119 e. The normalized spacial score (nSPS) is 12.4. The average molecular weight is 220 g/mol. The van der Waals surface area contributed by atoms with Gasteiger partial charge in [0.15, 0.2) is 0 Å². The lowest BCUT2D eigenvalue weighted by Crippen LogP contribution is -2.04. The molecule has 0 heterocycles. The van der Waals surface area contributed by atoms with E-state index in [-0.39, 0.29) is 0 Å². The zero-order valence-electron chi connectivity index (χ0n) is 10.6. The molecule has 90 valence electrons. The highest BCUT2D eigenvalue weighted by atomic mass is 16.5. The Morgan fingerprint density at radius 1 is 1.06 bits per heavy atom. The van der Waals surface area contributed by atoms with Crippen molar-refractivity contribution in [3.05, 3.63) is 30.3 Å². The van der Waals surface area contributed by atoms with Crippen molar-refractivity contribution in [1.29, 1.82) is 0 Å². The van der Waals surface area contributed by atoms with Gasteiger partial charge in [0.2, 0.25) is 0 Å². The summed E-state index contributed by atoms with van der Waals surface area (Å²) in [5, 5.41) is 0. The largest absolute Gasteiger partial charge is 0.494 e. The topological polar surface area (TPSA) is 9.23 Å². The Morgan fingerprint density at radius 3 is 2.50 bits per heavy atom. The minimum absolute atomic E-state index is 0.787. The lowest BCUT2D eigenvalue weighted by atomic mass is 10.0. The molecule has 1 aromatic rings. The molecule has 0 saturated heterocycles. The van der Waals surface area contributed by atoms with Gasteiger partial charge in [0.25, 0.3) is 0 Å². The molecule has 1 nitrogen and oxygen atoms in total. The molecule has 0 aliphatic heterocycles. The van der Waals surface area contributed by atoms with E-state index in [9.17, 15) is 0 Å². The monoisotopic (exact) mass is 220 g/mol. The van der Waals surface area contributed by atoms with Crippen LogP contribution in [0.5, 0.6) is 5.75 Å². The molecule has 1 heteroatoms. The number of hydrogen-bond acceptors (Lipinski definition) is 1. The maximum absolute atomic E-state index is 5.68. The second-order valence-corrected chi connectivity index (χ2v) is 4.55. The molecule has 0 spiro atoms. The highest BCUT2D eigenvalue weighted by Gasteiger charge is 2.02. The maximum atomic E-state index is 5.68. The van der Waals surface area contributed by atoms with Gasteiger partial charge in [-0.1, -0.05) is 57.7 Å². The van der Waals surface area contributed by atoms with Crippen molar-refractivity contribution in [3.8, 4) is 5.75 Å². The van der Waals surface area contributed by atoms with Gasteiger partial charge in [-0.15, -0.1) is 0 Å². The van der Waals surface area contributed by atoms with Crippen LogP contribution in [0.4, 0.5) is 0 Å². The van der Waals surface area contributed by atoms with E-state index in [1.54, 1.807) is 0 Å². The number of para-hydroxylation sites is 1. The first-order chi connectivity index (χ1) is 7.83. The van der Waals surface area contributed by atoms with Crippen molar-refractivity contribution in [3.63, 3.8) is 0 Å². The van der Waals surface area contributed by atoms with Gasteiger partial charge in [-0.25, -0.2) is 0 Å². The Labute approximate surface area is 99.8 Å². The average Bonchev–Trinajstić information content (AvgIpc) is 2.31. The molecule has 0 aliphatic rings. The third-order valence-electron chi connectivity index (χ3n) is 2.92. The van der Waals surface area contributed by atoms with E-state index in [1.807, 2.05) is 30.3 Å². The number of rotatable bonds is 8. The van der Waals surface area contributed by atoms with Crippen LogP contribution in [-0.4, -0.2) is 6.61 Å². The van der Waals surface area contributed by atoms with E-state index in [4.69, 9.17) is 4.74 Å². The summed E-state index contributed by atoms with van der Waals surface area (Å²) in [5.41, 5.74) is 0. The first kappa shape index (κ1) is 13.1. The molecule has 16 heavy (non-hydrogen) atoms. The molecule has 0 aliphatic carbocycles. The molecule has 1 rings (SSSR count). The molecule has 0 fully saturated rings. The minimum Gasteiger partial charge on any atom is -0.494 e. The van der Waals surface area contributed by atoms with Gasteiger partial charge in [0.05, 0.1) is 6.61 Å². The fourth-order valence-electron chi connectivity index (χ4n) is 1.78. The summed E-state index contributed by atoms with van der Waals surface area (Å²) in [6, 6.07) is 10.1. The Morgan fingerprint density at radius 2 is 1.81 bits per heavy atom. The van der Waals surface area contributed by atoms with Gasteiger partial charge in [0.1, 0.15) is 5.75 Å². The molecule has 0 N–H and O–H groups in total. The van der Waals surface area contributed by atoms with E-state index in [0.29, 0.717) is 0 Å². The number of unbranched alkanes of at least 4 members (excludes halogenated alkanes) is 2. The summed E-state index contributed by atoms with van der Waals surface area (Å²) in [7, 11) is 0. The van der Waals surface area contributed by atoms with Gasteiger partial charge < -0.3 is 4.74 Å². The van der Waals surface area contributed by atoms with Crippen LogP contribution >= 0.6 is 0 Å². The molecule has 1 atom stereocenters. The fourth-order valence-corrected chi connectivity index (χ4v) is 1.78. The summed E-state index contributed by atoms with van der Waals surface area (Å²) in [6.07, 6.45) is 6.55. The first-order valence-electron chi connectivity index (χ1n) is 6.50. The van der Waals surface area contributed by atoms with Crippen LogP contribution in [-0.2, 0) is 0 Å². The highest BCUT2D eigenvalue weighted by Crippen LogP contribution is 2.14. The third-order valence-corrected chi connectivity index (χ3v) is 2.92. The van der Waals surface area contributed by atoms with Crippen LogP contribution in [0, 0.1) is 5.92 Å². The van der Waals surface area contributed by atoms with Crippen molar-refractivity contribution in [2.24, 2.45) is 5.92 Å². The Balaban J connectivity index is 2.06. The molecule has 1 aromatic carbocycles. The Hall–Kier alpha value is -0.980. The van der Waals surface area contributed by atoms with E-state index < -0.39 is 0 Å². The number of ether oxygens (including phenoxy) is 1. The van der Waals surface area contributed by atoms with Gasteiger partial charge >= 0.3 is 0 Å². The van der Waals surface area contributed by atoms with Crippen molar-refractivity contribution < 1.29 is 4.74 Å². The predicted molar refractivity (Wildman–Crippen MR) is 69.9 cm³/mol. The molecule has 0 amide bonds. The molecular formula is C15H24O. The lowest BCUT2D eigenvalue weighted by molar-refractivity contribution is 0.277. The van der Waals surface area contributed by atoms with Gasteiger partial charge in [-0.05, 0) is 24.5 Å². The quantitative estimate of drug-likeness (QED) is 0.578. The fraction of sp³-hybridized carbons (Fsp3) is 0.600. The van der Waals surface area contributed by atoms with E-state index in [2.05, 4.69) is 13.8 Å². The summed E-state index contributed by atoms with van der Waals surface area (Å²) in [5.74, 6) is 1.78. The van der Waals surface area contributed by atoms with Gasteiger partial charge in [0, 0.05) is 0 Å². The minimum atomic E-state index is 0.787. The van der Waals surface area contributed by atoms with E-state index in [1.165, 1.54) is 32.1 Å². The molecule has 0 radical (unpaired) electrons. The zero-order chi connectivity index (χ0) is 11.6. The zero-order valence-corrected chi connectivity index (χ0v) is 10.6. The molecule has 0 bridgehead atoms. The highest BCUT2D eigenvalue weighted by molar-refractivity contribution is 5.20. The first-order valence-corrected chi connectivity index (χ1v) is 6.50. The predicted octanol–water partition coefficient (Wildman–Crippen LogP) is 4.67. The molecule has 0 aromatic heterocycles. The van der Waals surface area contributed by atoms with Crippen LogP contribution in [0.15, 0.2) is 30.3 Å². The summed E-state index contributed by atoms with van der Waals surface area (Å²) in [4.78, 5) is 0. The number of benzene rings is 1. The van der Waals surface area contributed by atoms with Crippen molar-refractivity contribution >= 4 is 0 Å². The number of hydrogen-bond donors (Lipinski definition) is 0. The van der Waals surface area contributed by atoms with Crippen molar-refractivity contribution in [2.75, 3.05) is 6.61 Å². The second-order valence-electron chi connectivity index (χ2n) is 4.55. The van der Waals surface area contributed by atoms with Gasteiger partial charge in [-0.3, -0.25) is 0 Å².